The molecule has 1 heterocycles. The third-order valence-electron chi connectivity index (χ3n) is 5.10. The predicted octanol–water partition coefficient (Wildman–Crippen LogP) is 4.99. The van der Waals surface area contributed by atoms with E-state index in [2.05, 4.69) is 51.9 Å². The molecule has 4 nitrogen and oxygen atoms in total. The third-order valence-corrected chi connectivity index (χ3v) is 5.51. The number of benzene rings is 2. The molecule has 0 saturated carbocycles. The SMILES string of the molecule is Cc1ccc(-c2cccc(CN3CCCC(NC(=O)NC(C)C)C3)c2)cc1Cl. The Hall–Kier alpha value is -2.04. The maximum atomic E-state index is 12.0. The van der Waals surface area contributed by atoms with Crippen LogP contribution < -0.4 is 10.6 Å². The summed E-state index contributed by atoms with van der Waals surface area (Å²) in [5.74, 6) is 0. The van der Waals surface area contributed by atoms with Gasteiger partial charge >= 0.3 is 6.03 Å². The maximum Gasteiger partial charge on any atom is 0.315 e. The smallest absolute Gasteiger partial charge is 0.315 e. The lowest BCUT2D eigenvalue weighted by Crippen LogP contribution is -2.51. The minimum absolute atomic E-state index is 0.0694. The molecule has 0 radical (unpaired) electrons. The average molecular weight is 400 g/mol. The lowest BCUT2D eigenvalue weighted by atomic mass is 10.0. The van der Waals surface area contributed by atoms with Crippen LogP contribution in [-0.4, -0.2) is 36.1 Å². The van der Waals surface area contributed by atoms with Gasteiger partial charge in [0.2, 0.25) is 0 Å². The van der Waals surface area contributed by atoms with Gasteiger partial charge in [0, 0.05) is 30.2 Å². The lowest BCUT2D eigenvalue weighted by Gasteiger charge is -2.33. The van der Waals surface area contributed by atoms with Crippen molar-refractivity contribution < 1.29 is 4.79 Å². The summed E-state index contributed by atoms with van der Waals surface area (Å²) in [5, 5.41) is 6.82. The Kier molecular flexibility index (Phi) is 6.97. The van der Waals surface area contributed by atoms with Gasteiger partial charge in [0.25, 0.3) is 0 Å². The van der Waals surface area contributed by atoms with Gasteiger partial charge in [-0.3, -0.25) is 4.90 Å². The Morgan fingerprint density at radius 3 is 2.75 bits per heavy atom. The van der Waals surface area contributed by atoms with Crippen molar-refractivity contribution in [2.75, 3.05) is 13.1 Å². The van der Waals surface area contributed by atoms with Gasteiger partial charge in [-0.1, -0.05) is 41.9 Å². The van der Waals surface area contributed by atoms with E-state index in [1.54, 1.807) is 0 Å². The van der Waals surface area contributed by atoms with Gasteiger partial charge in [-0.25, -0.2) is 4.79 Å². The lowest BCUT2D eigenvalue weighted by molar-refractivity contribution is 0.179. The summed E-state index contributed by atoms with van der Waals surface area (Å²) < 4.78 is 0. The molecule has 28 heavy (non-hydrogen) atoms. The molecular formula is C23H30ClN3O. The maximum absolute atomic E-state index is 12.0. The predicted molar refractivity (Wildman–Crippen MR) is 117 cm³/mol. The fraction of sp³-hybridized carbons (Fsp3) is 0.435. The number of aryl methyl sites for hydroxylation is 1. The van der Waals surface area contributed by atoms with Gasteiger partial charge in [0.05, 0.1) is 0 Å². The molecular weight excluding hydrogens is 370 g/mol. The first-order valence-electron chi connectivity index (χ1n) is 10.1. The van der Waals surface area contributed by atoms with Crippen molar-refractivity contribution >= 4 is 17.6 Å². The number of rotatable bonds is 5. The molecule has 0 aromatic heterocycles. The fourth-order valence-electron chi connectivity index (χ4n) is 3.69. The number of nitrogens with one attached hydrogen (secondary N) is 2. The first-order chi connectivity index (χ1) is 13.4. The molecule has 5 heteroatoms. The van der Waals surface area contributed by atoms with Crippen molar-refractivity contribution in [3.05, 3.63) is 58.6 Å². The van der Waals surface area contributed by atoms with E-state index in [1.165, 1.54) is 11.1 Å². The van der Waals surface area contributed by atoms with E-state index in [0.29, 0.717) is 0 Å². The van der Waals surface area contributed by atoms with Crippen LogP contribution >= 0.6 is 11.6 Å². The quantitative estimate of drug-likeness (QED) is 0.744. The molecule has 2 amide bonds. The van der Waals surface area contributed by atoms with Crippen LogP contribution in [0.2, 0.25) is 5.02 Å². The largest absolute Gasteiger partial charge is 0.336 e. The van der Waals surface area contributed by atoms with Gasteiger partial charge in [-0.05, 0) is 74.5 Å². The minimum atomic E-state index is -0.0694. The van der Waals surface area contributed by atoms with Crippen LogP contribution in [0.4, 0.5) is 4.79 Å². The highest BCUT2D eigenvalue weighted by atomic mass is 35.5. The van der Waals surface area contributed by atoms with E-state index in [9.17, 15) is 4.79 Å². The molecule has 1 atom stereocenters. The Morgan fingerprint density at radius 2 is 2.00 bits per heavy atom. The zero-order valence-electron chi connectivity index (χ0n) is 17.0. The summed E-state index contributed by atoms with van der Waals surface area (Å²) in [4.78, 5) is 14.4. The van der Waals surface area contributed by atoms with Crippen LogP contribution in [0.25, 0.3) is 11.1 Å². The van der Waals surface area contributed by atoms with Crippen LogP contribution in [0, 0.1) is 6.92 Å². The fourth-order valence-corrected chi connectivity index (χ4v) is 3.87. The van der Waals surface area contributed by atoms with Crippen LogP contribution in [0.1, 0.15) is 37.8 Å². The van der Waals surface area contributed by atoms with Crippen molar-refractivity contribution in [3.8, 4) is 11.1 Å². The average Bonchev–Trinajstić information content (AvgIpc) is 2.64. The van der Waals surface area contributed by atoms with Crippen LogP contribution in [-0.2, 0) is 6.54 Å². The highest BCUT2D eigenvalue weighted by Crippen LogP contribution is 2.26. The van der Waals surface area contributed by atoms with Crippen LogP contribution in [0.5, 0.6) is 0 Å². The summed E-state index contributed by atoms with van der Waals surface area (Å²) in [6.07, 6.45) is 2.13. The Morgan fingerprint density at radius 1 is 1.21 bits per heavy atom. The van der Waals surface area contributed by atoms with Gasteiger partial charge in [0.1, 0.15) is 0 Å². The molecule has 150 valence electrons. The van der Waals surface area contributed by atoms with E-state index in [1.807, 2.05) is 26.8 Å². The van der Waals surface area contributed by atoms with Crippen molar-refractivity contribution in [3.63, 3.8) is 0 Å². The summed E-state index contributed by atoms with van der Waals surface area (Å²) in [6.45, 7) is 8.79. The second-order valence-electron chi connectivity index (χ2n) is 8.01. The van der Waals surface area contributed by atoms with Gasteiger partial charge < -0.3 is 10.6 Å². The minimum Gasteiger partial charge on any atom is -0.336 e. The number of carbonyl (C=O) groups excluding carboxylic acids is 1. The standard InChI is InChI=1S/C23H30ClN3O/c1-16(2)25-23(28)26-21-8-5-11-27(15-21)14-18-6-4-7-19(12-18)20-10-9-17(3)22(24)13-20/h4,6-7,9-10,12-13,16,21H,5,8,11,14-15H2,1-3H3,(H2,25,26,28). The van der Waals surface area contributed by atoms with Gasteiger partial charge in [-0.2, -0.15) is 0 Å². The van der Waals surface area contributed by atoms with Crippen molar-refractivity contribution in [2.45, 2.75) is 52.2 Å². The normalized spacial score (nSPS) is 17.5. The number of likely N-dealkylation sites (tertiary alicyclic amines) is 1. The summed E-state index contributed by atoms with van der Waals surface area (Å²) >= 11 is 6.30. The molecule has 2 aromatic carbocycles. The van der Waals surface area contributed by atoms with Crippen LogP contribution in [0.3, 0.4) is 0 Å². The molecule has 1 aliphatic heterocycles. The van der Waals surface area contributed by atoms with E-state index >= 15 is 0 Å². The van der Waals surface area contributed by atoms with E-state index < -0.39 is 0 Å². The van der Waals surface area contributed by atoms with Crippen molar-refractivity contribution in [1.82, 2.24) is 15.5 Å². The van der Waals surface area contributed by atoms with Crippen LogP contribution in [0.15, 0.2) is 42.5 Å². The van der Waals surface area contributed by atoms with E-state index in [4.69, 9.17) is 11.6 Å². The molecule has 0 bridgehead atoms. The molecule has 2 N–H and O–H groups in total. The number of hydrogen-bond acceptors (Lipinski definition) is 2. The highest BCUT2D eigenvalue weighted by molar-refractivity contribution is 6.31. The van der Waals surface area contributed by atoms with Gasteiger partial charge in [-0.15, -0.1) is 0 Å². The van der Waals surface area contributed by atoms with Gasteiger partial charge in [0.15, 0.2) is 0 Å². The van der Waals surface area contributed by atoms with E-state index in [-0.39, 0.29) is 18.1 Å². The van der Waals surface area contributed by atoms with E-state index in [0.717, 1.165) is 48.6 Å². The monoisotopic (exact) mass is 399 g/mol. The third kappa shape index (κ3) is 5.73. The molecule has 0 aliphatic carbocycles. The first kappa shape index (κ1) is 20.7. The molecule has 2 aromatic rings. The topological polar surface area (TPSA) is 44.4 Å². The Labute approximate surface area is 173 Å². The first-order valence-corrected chi connectivity index (χ1v) is 10.4. The molecule has 3 rings (SSSR count). The number of amides is 2. The zero-order chi connectivity index (χ0) is 20.1. The second kappa shape index (κ2) is 9.44. The zero-order valence-corrected chi connectivity index (χ0v) is 17.7. The highest BCUT2D eigenvalue weighted by Gasteiger charge is 2.21. The number of piperidine rings is 1. The molecule has 1 unspecified atom stereocenters. The van der Waals surface area contributed by atoms with Crippen molar-refractivity contribution in [1.29, 1.82) is 0 Å². The number of halogens is 1. The van der Waals surface area contributed by atoms with Crippen molar-refractivity contribution in [2.24, 2.45) is 0 Å². The second-order valence-corrected chi connectivity index (χ2v) is 8.42. The molecule has 1 aliphatic rings. The summed E-state index contributed by atoms with van der Waals surface area (Å²) in [5.41, 5.74) is 4.69. The Bertz CT molecular complexity index is 821. The Balaban J connectivity index is 1.63. The number of hydrogen-bond donors (Lipinski definition) is 2. The number of carbonyl (C=O) groups is 1. The summed E-state index contributed by atoms with van der Waals surface area (Å²) in [7, 11) is 0. The molecule has 0 spiro atoms. The number of nitrogens with zero attached hydrogens (tertiary/aromatic N) is 1. The number of urea groups is 1. The summed E-state index contributed by atoms with van der Waals surface area (Å²) in [6, 6.07) is 15.1. The molecule has 1 fully saturated rings. The molecule has 1 saturated heterocycles.